The van der Waals surface area contributed by atoms with Gasteiger partial charge in [0.25, 0.3) is 0 Å². The molecule has 116 valence electrons. The molecule has 2 N–H and O–H groups in total. The van der Waals surface area contributed by atoms with Crippen LogP contribution >= 0.6 is 11.6 Å². The van der Waals surface area contributed by atoms with Crippen molar-refractivity contribution in [2.75, 3.05) is 26.2 Å². The molecule has 0 spiro atoms. The van der Waals surface area contributed by atoms with Gasteiger partial charge < -0.3 is 10.6 Å². The number of hydrogen-bond acceptors (Lipinski definition) is 3. The highest BCUT2D eigenvalue weighted by Crippen LogP contribution is 2.21. The largest absolute Gasteiger partial charge is 0.339 e. The number of hydrogen-bond donors (Lipinski definition) is 1. The molecule has 1 aliphatic rings. The summed E-state index contributed by atoms with van der Waals surface area (Å²) in [7, 11) is 0. The van der Waals surface area contributed by atoms with Crippen LogP contribution < -0.4 is 5.73 Å². The van der Waals surface area contributed by atoms with Gasteiger partial charge in [0.15, 0.2) is 0 Å². The molecule has 0 aliphatic carbocycles. The number of benzene rings is 1. The van der Waals surface area contributed by atoms with Gasteiger partial charge in [-0.1, -0.05) is 17.7 Å². The molecule has 0 bridgehead atoms. The van der Waals surface area contributed by atoms with E-state index in [0.29, 0.717) is 43.3 Å². The zero-order valence-electron chi connectivity index (χ0n) is 12.4. The second-order valence-electron chi connectivity index (χ2n) is 5.99. The molecule has 0 aromatic heterocycles. The summed E-state index contributed by atoms with van der Waals surface area (Å²) in [4.78, 5) is 16.0. The predicted molar refractivity (Wildman–Crippen MR) is 81.5 cm³/mol. The Hall–Kier alpha value is -1.17. The second-order valence-corrected chi connectivity index (χ2v) is 6.40. The number of carbonyl (C=O) groups excluding carboxylic acids is 1. The average molecular weight is 314 g/mol. The van der Waals surface area contributed by atoms with E-state index in [0.717, 1.165) is 0 Å². The number of piperazine rings is 1. The molecular weight excluding hydrogens is 293 g/mol. The van der Waals surface area contributed by atoms with Crippen LogP contribution in [0, 0.1) is 5.82 Å². The fraction of sp³-hybridized carbons (Fsp3) is 0.533. The minimum Gasteiger partial charge on any atom is -0.339 e. The Kier molecular flexibility index (Phi) is 4.86. The van der Waals surface area contributed by atoms with Gasteiger partial charge in [-0.2, -0.15) is 0 Å². The number of rotatable bonds is 3. The summed E-state index contributed by atoms with van der Waals surface area (Å²) in [5.41, 5.74) is 5.50. The van der Waals surface area contributed by atoms with Crippen LogP contribution in [0.5, 0.6) is 0 Å². The maximum atomic E-state index is 13.8. The highest BCUT2D eigenvalue weighted by molar-refractivity contribution is 6.31. The summed E-state index contributed by atoms with van der Waals surface area (Å²) < 4.78 is 13.8. The van der Waals surface area contributed by atoms with Crippen molar-refractivity contribution in [2.45, 2.75) is 25.9 Å². The molecule has 1 amide bonds. The van der Waals surface area contributed by atoms with Crippen LogP contribution in [-0.4, -0.2) is 47.4 Å². The zero-order chi connectivity index (χ0) is 15.6. The van der Waals surface area contributed by atoms with E-state index in [1.807, 2.05) is 0 Å². The number of amides is 1. The fourth-order valence-corrected chi connectivity index (χ4v) is 2.65. The standard InChI is InChI=1S/C15H21ClFN3O/c1-15(2,18)14(21)20-8-6-19(7-9-20)10-11-12(16)4-3-5-13(11)17/h3-5H,6-10,18H2,1-2H3. The Bertz CT molecular complexity index is 502. The van der Waals surface area contributed by atoms with Crippen molar-refractivity contribution in [3.63, 3.8) is 0 Å². The monoisotopic (exact) mass is 313 g/mol. The highest BCUT2D eigenvalue weighted by atomic mass is 35.5. The lowest BCUT2D eigenvalue weighted by atomic mass is 10.0. The molecule has 1 aromatic carbocycles. The van der Waals surface area contributed by atoms with Crippen LogP contribution in [0.4, 0.5) is 4.39 Å². The van der Waals surface area contributed by atoms with Gasteiger partial charge in [0.05, 0.1) is 5.54 Å². The molecule has 1 aromatic rings. The molecule has 4 nitrogen and oxygen atoms in total. The molecule has 0 unspecified atom stereocenters. The predicted octanol–water partition coefficient (Wildman–Crippen LogP) is 1.86. The SMILES string of the molecule is CC(C)(N)C(=O)N1CCN(Cc2c(F)cccc2Cl)CC1. The average Bonchev–Trinajstić information content (AvgIpc) is 2.42. The van der Waals surface area contributed by atoms with Crippen LogP contribution in [0.25, 0.3) is 0 Å². The lowest BCUT2D eigenvalue weighted by molar-refractivity contribution is -0.137. The number of nitrogens with zero attached hydrogens (tertiary/aromatic N) is 2. The molecular formula is C15H21ClFN3O. The maximum Gasteiger partial charge on any atom is 0.242 e. The Morgan fingerprint density at radius 2 is 1.95 bits per heavy atom. The van der Waals surface area contributed by atoms with Gasteiger partial charge in [0, 0.05) is 43.3 Å². The first-order chi connectivity index (χ1) is 9.79. The minimum absolute atomic E-state index is 0.0499. The van der Waals surface area contributed by atoms with Crippen molar-refractivity contribution in [1.29, 1.82) is 0 Å². The van der Waals surface area contributed by atoms with E-state index in [2.05, 4.69) is 4.90 Å². The summed E-state index contributed by atoms with van der Waals surface area (Å²) >= 11 is 6.04. The van der Waals surface area contributed by atoms with E-state index in [9.17, 15) is 9.18 Å². The Morgan fingerprint density at radius 1 is 1.33 bits per heavy atom. The van der Waals surface area contributed by atoms with Crippen molar-refractivity contribution in [3.05, 3.63) is 34.6 Å². The van der Waals surface area contributed by atoms with Crippen molar-refractivity contribution in [3.8, 4) is 0 Å². The number of halogens is 2. The van der Waals surface area contributed by atoms with E-state index in [1.165, 1.54) is 6.07 Å². The number of nitrogens with two attached hydrogens (primary N) is 1. The minimum atomic E-state index is -0.850. The Balaban J connectivity index is 1.95. The highest BCUT2D eigenvalue weighted by Gasteiger charge is 2.30. The van der Waals surface area contributed by atoms with Crippen LogP contribution in [-0.2, 0) is 11.3 Å². The first-order valence-electron chi connectivity index (χ1n) is 7.02. The lowest BCUT2D eigenvalue weighted by Gasteiger charge is -2.37. The molecule has 0 atom stereocenters. The van der Waals surface area contributed by atoms with Gasteiger partial charge in [-0.25, -0.2) is 4.39 Å². The third-order valence-corrected chi connectivity index (χ3v) is 4.01. The van der Waals surface area contributed by atoms with E-state index >= 15 is 0 Å². The van der Waals surface area contributed by atoms with Crippen molar-refractivity contribution in [1.82, 2.24) is 9.80 Å². The van der Waals surface area contributed by atoms with Crippen molar-refractivity contribution >= 4 is 17.5 Å². The normalized spacial score (nSPS) is 17.1. The van der Waals surface area contributed by atoms with Gasteiger partial charge >= 0.3 is 0 Å². The summed E-state index contributed by atoms with van der Waals surface area (Å²) in [5, 5.41) is 0.441. The van der Waals surface area contributed by atoms with Crippen LogP contribution in [0.1, 0.15) is 19.4 Å². The van der Waals surface area contributed by atoms with Gasteiger partial charge in [-0.15, -0.1) is 0 Å². The summed E-state index contributed by atoms with van der Waals surface area (Å²) in [6.45, 7) is 6.46. The van der Waals surface area contributed by atoms with Gasteiger partial charge in [0.2, 0.25) is 5.91 Å². The lowest BCUT2D eigenvalue weighted by Crippen LogP contribution is -2.56. The maximum absolute atomic E-state index is 13.8. The molecule has 6 heteroatoms. The smallest absolute Gasteiger partial charge is 0.242 e. The molecule has 1 saturated heterocycles. The fourth-order valence-electron chi connectivity index (χ4n) is 2.42. The van der Waals surface area contributed by atoms with Gasteiger partial charge in [0.1, 0.15) is 5.82 Å². The molecule has 0 radical (unpaired) electrons. The van der Waals surface area contributed by atoms with E-state index in [1.54, 1.807) is 30.9 Å². The van der Waals surface area contributed by atoms with Crippen molar-refractivity contribution < 1.29 is 9.18 Å². The summed E-state index contributed by atoms with van der Waals surface area (Å²) in [6, 6.07) is 4.70. The first kappa shape index (κ1) is 16.2. The van der Waals surface area contributed by atoms with Crippen LogP contribution in [0.15, 0.2) is 18.2 Å². The molecule has 1 fully saturated rings. The quantitative estimate of drug-likeness (QED) is 0.926. The molecule has 1 heterocycles. The van der Waals surface area contributed by atoms with Gasteiger partial charge in [-0.3, -0.25) is 9.69 Å². The Labute approximate surface area is 129 Å². The molecule has 21 heavy (non-hydrogen) atoms. The van der Waals surface area contributed by atoms with E-state index < -0.39 is 5.54 Å². The summed E-state index contributed by atoms with van der Waals surface area (Å²) in [6.07, 6.45) is 0. The first-order valence-corrected chi connectivity index (χ1v) is 7.40. The van der Waals surface area contributed by atoms with Crippen molar-refractivity contribution in [2.24, 2.45) is 5.73 Å². The molecule has 2 rings (SSSR count). The van der Waals surface area contributed by atoms with Gasteiger partial charge in [-0.05, 0) is 26.0 Å². The van der Waals surface area contributed by atoms with Crippen LogP contribution in [0.2, 0.25) is 5.02 Å². The molecule has 0 saturated carbocycles. The zero-order valence-corrected chi connectivity index (χ0v) is 13.2. The van der Waals surface area contributed by atoms with Crippen LogP contribution in [0.3, 0.4) is 0 Å². The summed E-state index contributed by atoms with van der Waals surface area (Å²) in [5.74, 6) is -0.338. The van der Waals surface area contributed by atoms with E-state index in [4.69, 9.17) is 17.3 Å². The third kappa shape index (κ3) is 3.93. The topological polar surface area (TPSA) is 49.6 Å². The second kappa shape index (κ2) is 6.30. The van der Waals surface area contributed by atoms with E-state index in [-0.39, 0.29) is 11.7 Å². The number of carbonyl (C=O) groups is 1. The Morgan fingerprint density at radius 3 is 2.48 bits per heavy atom. The third-order valence-electron chi connectivity index (χ3n) is 3.65. The molecule has 1 aliphatic heterocycles.